The summed E-state index contributed by atoms with van der Waals surface area (Å²) in [6.45, 7) is 0.361. The lowest BCUT2D eigenvalue weighted by Crippen LogP contribution is -2.31. The van der Waals surface area contributed by atoms with Gasteiger partial charge in [0.2, 0.25) is 12.3 Å². The lowest BCUT2D eigenvalue weighted by Gasteiger charge is -2.21. The standard InChI is InChI=1S/C20H18N4O3/c1-26-23-17-11-18(19-22-21-13-27-19)24(12-17)20(25)16-9-7-15(8-10-16)14-5-3-2-4-6-14/h2-10,13,18H,11-12H2,1H3/b23-17+. The Balaban J connectivity index is 1.59. The molecule has 1 aliphatic rings. The Labute approximate surface area is 156 Å². The Morgan fingerprint density at radius 2 is 1.89 bits per heavy atom. The zero-order valence-electron chi connectivity index (χ0n) is 14.8. The molecule has 0 radical (unpaired) electrons. The van der Waals surface area contributed by atoms with Gasteiger partial charge in [0.1, 0.15) is 13.2 Å². The summed E-state index contributed by atoms with van der Waals surface area (Å²) in [4.78, 5) is 19.6. The van der Waals surface area contributed by atoms with Gasteiger partial charge in [-0.1, -0.05) is 47.6 Å². The van der Waals surface area contributed by atoms with E-state index in [9.17, 15) is 4.79 Å². The van der Waals surface area contributed by atoms with E-state index < -0.39 is 0 Å². The van der Waals surface area contributed by atoms with Crippen LogP contribution in [-0.4, -0.2) is 40.4 Å². The maximum atomic E-state index is 13.1. The first kappa shape index (κ1) is 17.0. The molecule has 0 saturated carbocycles. The van der Waals surface area contributed by atoms with E-state index in [1.807, 2.05) is 54.6 Å². The average Bonchev–Trinajstić information content (AvgIpc) is 3.38. The maximum Gasteiger partial charge on any atom is 0.254 e. The number of rotatable bonds is 4. The van der Waals surface area contributed by atoms with Crippen LogP contribution in [0, 0.1) is 0 Å². The molecule has 3 aromatic rings. The molecule has 1 unspecified atom stereocenters. The minimum Gasteiger partial charge on any atom is -0.426 e. The molecule has 7 heteroatoms. The predicted octanol–water partition coefficient (Wildman–Crippen LogP) is 3.33. The second-order valence-electron chi connectivity index (χ2n) is 6.21. The van der Waals surface area contributed by atoms with Crippen LogP contribution in [0.25, 0.3) is 11.1 Å². The molecule has 0 aliphatic carbocycles. The molecule has 0 N–H and O–H groups in total. The van der Waals surface area contributed by atoms with Crippen molar-refractivity contribution in [1.29, 1.82) is 0 Å². The third kappa shape index (κ3) is 3.44. The van der Waals surface area contributed by atoms with Crippen molar-refractivity contribution in [3.8, 4) is 11.1 Å². The van der Waals surface area contributed by atoms with Crippen molar-refractivity contribution >= 4 is 11.6 Å². The summed E-state index contributed by atoms with van der Waals surface area (Å²) in [5.74, 6) is 0.282. The van der Waals surface area contributed by atoms with Crippen LogP contribution in [0.3, 0.4) is 0 Å². The van der Waals surface area contributed by atoms with Crippen LogP contribution in [0.15, 0.2) is 70.6 Å². The zero-order chi connectivity index (χ0) is 18.6. The Morgan fingerprint density at radius 3 is 2.56 bits per heavy atom. The number of carbonyl (C=O) groups excluding carboxylic acids is 1. The molecule has 7 nitrogen and oxygen atoms in total. The van der Waals surface area contributed by atoms with E-state index >= 15 is 0 Å². The van der Waals surface area contributed by atoms with Gasteiger partial charge in [-0.3, -0.25) is 4.79 Å². The predicted molar refractivity (Wildman–Crippen MR) is 99.0 cm³/mol. The number of likely N-dealkylation sites (tertiary alicyclic amines) is 1. The van der Waals surface area contributed by atoms with E-state index in [-0.39, 0.29) is 11.9 Å². The van der Waals surface area contributed by atoms with Gasteiger partial charge in [0.15, 0.2) is 0 Å². The van der Waals surface area contributed by atoms with Crippen molar-refractivity contribution in [2.45, 2.75) is 12.5 Å². The molecule has 0 spiro atoms. The number of hydrogen-bond acceptors (Lipinski definition) is 6. The van der Waals surface area contributed by atoms with Gasteiger partial charge >= 0.3 is 0 Å². The van der Waals surface area contributed by atoms with E-state index in [1.54, 1.807) is 4.90 Å². The molecule has 4 rings (SSSR count). The van der Waals surface area contributed by atoms with Gasteiger partial charge in [-0.05, 0) is 23.3 Å². The highest BCUT2D eigenvalue weighted by molar-refractivity contribution is 6.00. The fourth-order valence-electron chi connectivity index (χ4n) is 3.26. The number of aromatic nitrogens is 2. The largest absolute Gasteiger partial charge is 0.426 e. The number of amides is 1. The Kier molecular flexibility index (Phi) is 4.65. The van der Waals surface area contributed by atoms with Gasteiger partial charge in [-0.2, -0.15) is 0 Å². The summed E-state index contributed by atoms with van der Waals surface area (Å²) in [5, 5.41) is 11.7. The van der Waals surface area contributed by atoms with Gasteiger partial charge in [-0.15, -0.1) is 10.2 Å². The normalized spacial score (nSPS) is 18.0. The average molecular weight is 362 g/mol. The molecular formula is C20H18N4O3. The molecule has 27 heavy (non-hydrogen) atoms. The summed E-state index contributed by atoms with van der Waals surface area (Å²) in [6, 6.07) is 17.3. The van der Waals surface area contributed by atoms with Crippen molar-refractivity contribution in [2.75, 3.05) is 13.7 Å². The topological polar surface area (TPSA) is 80.8 Å². The monoisotopic (exact) mass is 362 g/mol. The number of carbonyl (C=O) groups is 1. The van der Waals surface area contributed by atoms with Gasteiger partial charge in [0.25, 0.3) is 5.91 Å². The molecule has 1 atom stereocenters. The highest BCUT2D eigenvalue weighted by atomic mass is 16.6. The SMILES string of the molecule is CO/N=C1\CC(c2nnco2)N(C(=O)c2ccc(-c3ccccc3)cc2)C1. The molecule has 1 aromatic heterocycles. The molecule has 1 amide bonds. The van der Waals surface area contributed by atoms with Crippen LogP contribution in [0.5, 0.6) is 0 Å². The zero-order valence-corrected chi connectivity index (χ0v) is 14.8. The first-order chi connectivity index (χ1) is 13.3. The summed E-state index contributed by atoms with van der Waals surface area (Å²) in [7, 11) is 1.49. The highest BCUT2D eigenvalue weighted by Gasteiger charge is 2.37. The fraction of sp³-hybridized carbons (Fsp3) is 0.200. The highest BCUT2D eigenvalue weighted by Crippen LogP contribution is 2.31. The van der Waals surface area contributed by atoms with Gasteiger partial charge < -0.3 is 14.2 Å². The van der Waals surface area contributed by atoms with E-state index in [2.05, 4.69) is 15.4 Å². The van der Waals surface area contributed by atoms with Gasteiger partial charge in [0, 0.05) is 12.0 Å². The van der Waals surface area contributed by atoms with E-state index in [1.165, 1.54) is 13.5 Å². The van der Waals surface area contributed by atoms with Crippen LogP contribution in [0.4, 0.5) is 0 Å². The van der Waals surface area contributed by atoms with Crippen LogP contribution in [0.1, 0.15) is 28.7 Å². The molecule has 1 aliphatic heterocycles. The maximum absolute atomic E-state index is 13.1. The summed E-state index contributed by atoms with van der Waals surface area (Å²) >= 11 is 0. The first-order valence-corrected chi connectivity index (χ1v) is 8.57. The van der Waals surface area contributed by atoms with Crippen LogP contribution >= 0.6 is 0 Å². The minimum absolute atomic E-state index is 0.112. The molecule has 136 valence electrons. The van der Waals surface area contributed by atoms with Crippen LogP contribution < -0.4 is 0 Å². The van der Waals surface area contributed by atoms with E-state index in [0.29, 0.717) is 24.4 Å². The van der Waals surface area contributed by atoms with Gasteiger partial charge in [0.05, 0.1) is 12.3 Å². The van der Waals surface area contributed by atoms with Crippen molar-refractivity contribution < 1.29 is 14.0 Å². The molecule has 1 fully saturated rings. The smallest absolute Gasteiger partial charge is 0.254 e. The summed E-state index contributed by atoms with van der Waals surface area (Å²) in [6.07, 6.45) is 1.77. The molecule has 2 heterocycles. The first-order valence-electron chi connectivity index (χ1n) is 8.57. The Morgan fingerprint density at radius 1 is 1.15 bits per heavy atom. The number of oxime groups is 1. The van der Waals surface area contributed by atoms with Crippen LogP contribution in [-0.2, 0) is 4.84 Å². The fourth-order valence-corrected chi connectivity index (χ4v) is 3.26. The quantitative estimate of drug-likeness (QED) is 0.665. The lowest BCUT2D eigenvalue weighted by molar-refractivity contribution is 0.0719. The molecule has 1 saturated heterocycles. The van der Waals surface area contributed by atoms with Crippen molar-refractivity contribution in [1.82, 2.24) is 15.1 Å². The van der Waals surface area contributed by atoms with Crippen molar-refractivity contribution in [2.24, 2.45) is 5.16 Å². The number of benzene rings is 2. The molecule has 0 bridgehead atoms. The van der Waals surface area contributed by atoms with Crippen molar-refractivity contribution in [3.05, 3.63) is 72.4 Å². The summed E-state index contributed by atoms with van der Waals surface area (Å²) in [5.41, 5.74) is 3.52. The summed E-state index contributed by atoms with van der Waals surface area (Å²) < 4.78 is 5.33. The number of hydrogen-bond donors (Lipinski definition) is 0. The third-order valence-corrected chi connectivity index (χ3v) is 4.54. The van der Waals surface area contributed by atoms with Crippen molar-refractivity contribution in [3.63, 3.8) is 0 Å². The second-order valence-corrected chi connectivity index (χ2v) is 6.21. The van der Waals surface area contributed by atoms with Crippen LogP contribution in [0.2, 0.25) is 0 Å². The van der Waals surface area contributed by atoms with E-state index in [0.717, 1.165) is 16.8 Å². The second kappa shape index (κ2) is 7.41. The lowest BCUT2D eigenvalue weighted by atomic mass is 10.0. The third-order valence-electron chi connectivity index (χ3n) is 4.54. The molecule has 2 aromatic carbocycles. The molecular weight excluding hydrogens is 344 g/mol. The Bertz CT molecular complexity index is 937. The Hall–Kier alpha value is -3.48. The minimum atomic E-state index is -0.345. The number of nitrogens with zero attached hydrogens (tertiary/aromatic N) is 4. The van der Waals surface area contributed by atoms with Gasteiger partial charge in [-0.25, -0.2) is 0 Å². The van der Waals surface area contributed by atoms with E-state index in [4.69, 9.17) is 9.25 Å².